The first-order valence-corrected chi connectivity index (χ1v) is 9.50. The molecule has 0 radical (unpaired) electrons. The van der Waals surface area contributed by atoms with Gasteiger partial charge in [0.2, 0.25) is 15.9 Å². The average molecular weight is 348 g/mol. The molecular formula is C18H24N2O3S. The molecule has 130 valence electrons. The molecule has 0 saturated carbocycles. The van der Waals surface area contributed by atoms with Gasteiger partial charge in [0.25, 0.3) is 0 Å². The minimum absolute atomic E-state index is 0.0519. The number of sulfonamides is 1. The lowest BCUT2D eigenvalue weighted by Crippen LogP contribution is -2.51. The van der Waals surface area contributed by atoms with Crippen LogP contribution < -0.4 is 10.0 Å². The number of rotatable bonds is 6. The van der Waals surface area contributed by atoms with Crippen LogP contribution in [0.4, 0.5) is 0 Å². The van der Waals surface area contributed by atoms with E-state index in [0.29, 0.717) is 0 Å². The van der Waals surface area contributed by atoms with E-state index in [1.807, 2.05) is 52.0 Å². The summed E-state index contributed by atoms with van der Waals surface area (Å²) in [7, 11) is -3.79. The van der Waals surface area contributed by atoms with E-state index in [-0.39, 0.29) is 22.8 Å². The molecule has 0 saturated heterocycles. The molecular weight excluding hydrogens is 324 g/mol. The lowest BCUT2D eigenvalue weighted by Gasteiger charge is -2.23. The summed E-state index contributed by atoms with van der Waals surface area (Å²) in [5, 5.41) is 4.57. The molecule has 5 nitrogen and oxygen atoms in total. The van der Waals surface area contributed by atoms with Gasteiger partial charge in [-0.05, 0) is 42.7 Å². The molecule has 24 heavy (non-hydrogen) atoms. The maximum atomic E-state index is 12.7. The van der Waals surface area contributed by atoms with Crippen LogP contribution in [0.5, 0.6) is 0 Å². The maximum Gasteiger partial charge on any atom is 0.241 e. The molecule has 2 rings (SSSR count). The molecule has 0 aliphatic carbocycles. The number of carbonyl (C=O) groups is 1. The summed E-state index contributed by atoms with van der Waals surface area (Å²) in [5.74, 6) is -0.483. The van der Waals surface area contributed by atoms with Gasteiger partial charge in [-0.2, -0.15) is 4.72 Å². The first kappa shape index (κ1) is 18.4. The first-order valence-electron chi connectivity index (χ1n) is 8.02. The third-order valence-corrected chi connectivity index (χ3v) is 5.13. The average Bonchev–Trinajstić information content (AvgIpc) is 2.51. The standard InChI is InChI=1S/C18H24N2O3S/c1-12(2)17(18(21)19-13(3)4)20-24(22,23)16-10-9-14-7-5-6-8-15(14)11-16/h5-13,17,20H,1-4H3,(H,19,21). The summed E-state index contributed by atoms with van der Waals surface area (Å²) in [4.78, 5) is 12.4. The molecule has 2 N–H and O–H groups in total. The third-order valence-electron chi connectivity index (χ3n) is 3.69. The molecule has 0 heterocycles. The number of nitrogens with one attached hydrogen (secondary N) is 2. The highest BCUT2D eigenvalue weighted by Crippen LogP contribution is 2.19. The zero-order valence-electron chi connectivity index (χ0n) is 14.4. The van der Waals surface area contributed by atoms with Crippen LogP contribution >= 0.6 is 0 Å². The normalized spacial score (nSPS) is 13.4. The maximum absolute atomic E-state index is 12.7. The van der Waals surface area contributed by atoms with Gasteiger partial charge in [0.15, 0.2) is 0 Å². The van der Waals surface area contributed by atoms with E-state index in [1.165, 1.54) is 0 Å². The minimum Gasteiger partial charge on any atom is -0.353 e. The second-order valence-electron chi connectivity index (χ2n) is 6.52. The van der Waals surface area contributed by atoms with Crippen molar-refractivity contribution in [1.82, 2.24) is 10.0 Å². The quantitative estimate of drug-likeness (QED) is 0.843. The zero-order valence-corrected chi connectivity index (χ0v) is 15.2. The molecule has 0 bridgehead atoms. The van der Waals surface area contributed by atoms with Gasteiger partial charge >= 0.3 is 0 Å². The molecule has 2 aromatic rings. The lowest BCUT2D eigenvalue weighted by atomic mass is 10.0. The zero-order chi connectivity index (χ0) is 17.9. The summed E-state index contributed by atoms with van der Waals surface area (Å²) in [6, 6.07) is 11.6. The van der Waals surface area contributed by atoms with Crippen LogP contribution in [0.2, 0.25) is 0 Å². The van der Waals surface area contributed by atoms with Crippen LogP contribution in [0.15, 0.2) is 47.4 Å². The third kappa shape index (κ3) is 4.33. The number of benzene rings is 2. The van der Waals surface area contributed by atoms with E-state index >= 15 is 0 Å². The summed E-state index contributed by atoms with van der Waals surface area (Å²) in [6.07, 6.45) is 0. The van der Waals surface area contributed by atoms with Gasteiger partial charge in [0, 0.05) is 6.04 Å². The van der Waals surface area contributed by atoms with Crippen molar-refractivity contribution in [3.8, 4) is 0 Å². The second-order valence-corrected chi connectivity index (χ2v) is 8.23. The van der Waals surface area contributed by atoms with Crippen molar-refractivity contribution in [3.63, 3.8) is 0 Å². The predicted octanol–water partition coefficient (Wildman–Crippen LogP) is 2.67. The van der Waals surface area contributed by atoms with E-state index in [9.17, 15) is 13.2 Å². The van der Waals surface area contributed by atoms with Gasteiger partial charge in [-0.1, -0.05) is 44.2 Å². The minimum atomic E-state index is -3.79. The van der Waals surface area contributed by atoms with Crippen molar-refractivity contribution in [2.45, 2.75) is 44.7 Å². The molecule has 1 atom stereocenters. The Balaban J connectivity index is 2.31. The molecule has 0 aliphatic heterocycles. The Morgan fingerprint density at radius 3 is 2.17 bits per heavy atom. The highest BCUT2D eigenvalue weighted by atomic mass is 32.2. The molecule has 0 aromatic heterocycles. The van der Waals surface area contributed by atoms with E-state index < -0.39 is 16.1 Å². The van der Waals surface area contributed by atoms with E-state index in [1.54, 1.807) is 18.2 Å². The Labute approximate surface area is 143 Å². The molecule has 0 spiro atoms. The Hall–Kier alpha value is -1.92. The molecule has 1 unspecified atom stereocenters. The Kier molecular flexibility index (Phi) is 5.62. The van der Waals surface area contributed by atoms with Crippen molar-refractivity contribution >= 4 is 26.7 Å². The largest absolute Gasteiger partial charge is 0.353 e. The number of hydrogen-bond acceptors (Lipinski definition) is 3. The fourth-order valence-corrected chi connectivity index (χ4v) is 3.82. The lowest BCUT2D eigenvalue weighted by molar-refractivity contribution is -0.124. The smallest absolute Gasteiger partial charge is 0.241 e. The Bertz CT molecular complexity index is 829. The van der Waals surface area contributed by atoms with Crippen LogP contribution in [-0.4, -0.2) is 26.4 Å². The van der Waals surface area contributed by atoms with Crippen LogP contribution in [0.3, 0.4) is 0 Å². The van der Waals surface area contributed by atoms with Gasteiger partial charge in [-0.25, -0.2) is 8.42 Å². The van der Waals surface area contributed by atoms with Crippen molar-refractivity contribution in [2.24, 2.45) is 5.92 Å². The van der Waals surface area contributed by atoms with Crippen molar-refractivity contribution in [3.05, 3.63) is 42.5 Å². The fraction of sp³-hybridized carbons (Fsp3) is 0.389. The Morgan fingerprint density at radius 1 is 0.958 bits per heavy atom. The van der Waals surface area contributed by atoms with Crippen molar-refractivity contribution in [1.29, 1.82) is 0 Å². The topological polar surface area (TPSA) is 75.3 Å². The summed E-state index contributed by atoms with van der Waals surface area (Å²) >= 11 is 0. The van der Waals surface area contributed by atoms with Crippen molar-refractivity contribution in [2.75, 3.05) is 0 Å². The number of carbonyl (C=O) groups excluding carboxylic acids is 1. The number of hydrogen-bond donors (Lipinski definition) is 2. The first-order chi connectivity index (χ1) is 11.2. The monoisotopic (exact) mass is 348 g/mol. The Morgan fingerprint density at radius 2 is 1.58 bits per heavy atom. The highest BCUT2D eigenvalue weighted by Gasteiger charge is 2.28. The van der Waals surface area contributed by atoms with Crippen LogP contribution in [0.25, 0.3) is 10.8 Å². The molecule has 0 aliphatic rings. The molecule has 2 aromatic carbocycles. The van der Waals surface area contributed by atoms with Gasteiger partial charge in [0.05, 0.1) is 4.90 Å². The van der Waals surface area contributed by atoms with Gasteiger partial charge in [-0.3, -0.25) is 4.79 Å². The van der Waals surface area contributed by atoms with Crippen LogP contribution in [0.1, 0.15) is 27.7 Å². The van der Waals surface area contributed by atoms with Crippen LogP contribution in [0, 0.1) is 5.92 Å². The van der Waals surface area contributed by atoms with E-state index in [0.717, 1.165) is 10.8 Å². The SMILES string of the molecule is CC(C)NC(=O)C(NS(=O)(=O)c1ccc2ccccc2c1)C(C)C. The molecule has 6 heteroatoms. The summed E-state index contributed by atoms with van der Waals surface area (Å²) < 4.78 is 27.9. The molecule has 1 amide bonds. The van der Waals surface area contributed by atoms with Gasteiger partial charge in [-0.15, -0.1) is 0 Å². The van der Waals surface area contributed by atoms with Gasteiger partial charge in [0.1, 0.15) is 6.04 Å². The van der Waals surface area contributed by atoms with E-state index in [2.05, 4.69) is 10.0 Å². The second kappa shape index (κ2) is 7.32. The number of amides is 1. The predicted molar refractivity (Wildman–Crippen MR) is 96.2 cm³/mol. The molecule has 0 fully saturated rings. The summed E-state index contributed by atoms with van der Waals surface area (Å²) in [6.45, 7) is 7.31. The van der Waals surface area contributed by atoms with Gasteiger partial charge < -0.3 is 5.32 Å². The summed E-state index contributed by atoms with van der Waals surface area (Å²) in [5.41, 5.74) is 0. The highest BCUT2D eigenvalue weighted by molar-refractivity contribution is 7.89. The van der Waals surface area contributed by atoms with Crippen molar-refractivity contribution < 1.29 is 13.2 Å². The fourth-order valence-electron chi connectivity index (χ4n) is 2.44. The van der Waals surface area contributed by atoms with Crippen LogP contribution in [-0.2, 0) is 14.8 Å². The van der Waals surface area contributed by atoms with E-state index in [4.69, 9.17) is 0 Å². The number of fused-ring (bicyclic) bond motifs is 1.